The zero-order valence-corrected chi connectivity index (χ0v) is 12.7. The van der Waals surface area contributed by atoms with Crippen LogP contribution in [0.2, 0.25) is 0 Å². The number of nitrogens with one attached hydrogen (secondary N) is 1. The van der Waals surface area contributed by atoms with Crippen molar-refractivity contribution in [2.24, 2.45) is 0 Å². The predicted molar refractivity (Wildman–Crippen MR) is 80.9 cm³/mol. The van der Waals surface area contributed by atoms with Crippen molar-refractivity contribution < 1.29 is 9.90 Å². The Labute approximate surface area is 125 Å². The van der Waals surface area contributed by atoms with Crippen LogP contribution < -0.4 is 10.2 Å². The number of rotatable bonds is 6. The van der Waals surface area contributed by atoms with E-state index in [1.54, 1.807) is 18.5 Å². The van der Waals surface area contributed by atoms with Crippen molar-refractivity contribution in [2.45, 2.75) is 51.1 Å². The molecule has 0 aromatic carbocycles. The summed E-state index contributed by atoms with van der Waals surface area (Å²) in [5.41, 5.74) is -0.363. The highest BCUT2D eigenvalue weighted by atomic mass is 16.3. The second-order valence-corrected chi connectivity index (χ2v) is 5.78. The molecule has 1 fully saturated rings. The van der Waals surface area contributed by atoms with E-state index in [1.165, 1.54) is 0 Å². The van der Waals surface area contributed by atoms with Crippen LogP contribution >= 0.6 is 0 Å². The number of hydrogen-bond donors (Lipinski definition) is 2. The number of aliphatic hydroxyl groups is 1. The van der Waals surface area contributed by atoms with E-state index in [-0.39, 0.29) is 24.1 Å². The van der Waals surface area contributed by atoms with Gasteiger partial charge in [0.1, 0.15) is 6.04 Å². The normalized spacial score (nSPS) is 21.1. The zero-order valence-electron chi connectivity index (χ0n) is 12.7. The first-order chi connectivity index (χ1) is 10.1. The lowest BCUT2D eigenvalue weighted by Gasteiger charge is -2.32. The minimum atomic E-state index is -0.363. The molecule has 2 N–H and O–H groups in total. The van der Waals surface area contributed by atoms with Crippen LogP contribution in [0.3, 0.4) is 0 Å². The largest absolute Gasteiger partial charge is 0.396 e. The quantitative estimate of drug-likeness (QED) is 0.821. The summed E-state index contributed by atoms with van der Waals surface area (Å²) < 4.78 is 0. The molecule has 1 saturated heterocycles. The lowest BCUT2D eigenvalue weighted by Crippen LogP contribution is -2.53. The molecule has 116 valence electrons. The van der Waals surface area contributed by atoms with E-state index in [0.717, 1.165) is 25.8 Å². The Morgan fingerprint density at radius 2 is 2.24 bits per heavy atom. The van der Waals surface area contributed by atoms with E-state index in [4.69, 9.17) is 5.11 Å². The van der Waals surface area contributed by atoms with E-state index in [0.29, 0.717) is 12.4 Å². The third-order valence-corrected chi connectivity index (χ3v) is 4.23. The van der Waals surface area contributed by atoms with E-state index >= 15 is 0 Å². The average molecular weight is 292 g/mol. The van der Waals surface area contributed by atoms with Gasteiger partial charge in [0.05, 0.1) is 0 Å². The summed E-state index contributed by atoms with van der Waals surface area (Å²) in [6.07, 6.45) is 6.49. The maximum atomic E-state index is 12.6. The summed E-state index contributed by atoms with van der Waals surface area (Å²) in [5.74, 6) is 0.605. The van der Waals surface area contributed by atoms with Gasteiger partial charge < -0.3 is 15.3 Å². The van der Waals surface area contributed by atoms with Gasteiger partial charge in [0, 0.05) is 31.1 Å². The van der Waals surface area contributed by atoms with Crippen molar-refractivity contribution in [1.82, 2.24) is 15.3 Å². The number of anilines is 1. The lowest BCUT2D eigenvalue weighted by atomic mass is 9.94. The summed E-state index contributed by atoms with van der Waals surface area (Å²) >= 11 is 0. The molecule has 6 nitrogen and oxygen atoms in total. The molecule has 1 amide bonds. The predicted octanol–water partition coefficient (Wildman–Crippen LogP) is 1.11. The summed E-state index contributed by atoms with van der Waals surface area (Å²) in [6, 6.07) is 1.54. The third-order valence-electron chi connectivity index (χ3n) is 4.23. The maximum Gasteiger partial charge on any atom is 0.243 e. The molecule has 0 saturated carbocycles. The molecule has 1 aliphatic heterocycles. The SMILES string of the molecule is CCC(C)(CCO)NC(=O)C1CCCN1c1ncccn1. The topological polar surface area (TPSA) is 78.4 Å². The molecule has 21 heavy (non-hydrogen) atoms. The van der Waals surface area contributed by atoms with Crippen LogP contribution in [0.25, 0.3) is 0 Å². The van der Waals surface area contributed by atoms with Crippen LogP contribution in [0.1, 0.15) is 39.5 Å². The number of aromatic nitrogens is 2. The Morgan fingerprint density at radius 3 is 2.86 bits per heavy atom. The zero-order chi connectivity index (χ0) is 15.3. The van der Waals surface area contributed by atoms with Gasteiger partial charge in [0.15, 0.2) is 0 Å². The van der Waals surface area contributed by atoms with Gasteiger partial charge >= 0.3 is 0 Å². The highest BCUT2D eigenvalue weighted by Crippen LogP contribution is 2.23. The van der Waals surface area contributed by atoms with E-state index in [2.05, 4.69) is 15.3 Å². The van der Waals surface area contributed by atoms with Crippen LogP contribution in [0.15, 0.2) is 18.5 Å². The summed E-state index contributed by atoms with van der Waals surface area (Å²) in [6.45, 7) is 4.85. The minimum Gasteiger partial charge on any atom is -0.396 e. The molecule has 0 aliphatic carbocycles. The molecular weight excluding hydrogens is 268 g/mol. The van der Waals surface area contributed by atoms with Crippen molar-refractivity contribution in [2.75, 3.05) is 18.1 Å². The Morgan fingerprint density at radius 1 is 1.52 bits per heavy atom. The van der Waals surface area contributed by atoms with Gasteiger partial charge in [0.25, 0.3) is 0 Å². The molecule has 2 heterocycles. The van der Waals surface area contributed by atoms with Gasteiger partial charge in [-0.25, -0.2) is 9.97 Å². The summed E-state index contributed by atoms with van der Waals surface area (Å²) in [5, 5.41) is 12.2. The molecule has 0 radical (unpaired) electrons. The van der Waals surface area contributed by atoms with Crippen LogP contribution in [0.4, 0.5) is 5.95 Å². The Kier molecular flexibility index (Phi) is 5.12. The Hall–Kier alpha value is -1.69. The number of carbonyl (C=O) groups is 1. The monoisotopic (exact) mass is 292 g/mol. The molecule has 1 aliphatic rings. The van der Waals surface area contributed by atoms with E-state index < -0.39 is 0 Å². The van der Waals surface area contributed by atoms with Crippen LogP contribution in [0.5, 0.6) is 0 Å². The molecular formula is C15H24N4O2. The molecule has 0 bridgehead atoms. The fourth-order valence-corrected chi connectivity index (χ4v) is 2.67. The van der Waals surface area contributed by atoms with Crippen molar-refractivity contribution >= 4 is 11.9 Å². The lowest BCUT2D eigenvalue weighted by molar-refractivity contribution is -0.124. The van der Waals surface area contributed by atoms with Crippen molar-refractivity contribution in [3.63, 3.8) is 0 Å². The number of amides is 1. The van der Waals surface area contributed by atoms with Gasteiger partial charge in [-0.05, 0) is 38.7 Å². The van der Waals surface area contributed by atoms with Crippen molar-refractivity contribution in [3.05, 3.63) is 18.5 Å². The molecule has 0 spiro atoms. The standard InChI is InChI=1S/C15H24N4O2/c1-3-15(2,7-11-20)18-13(21)12-6-4-10-19(12)14-16-8-5-9-17-14/h5,8-9,12,20H,3-4,6-7,10-11H2,1-2H3,(H,18,21). The first-order valence-corrected chi connectivity index (χ1v) is 7.56. The van der Waals surface area contributed by atoms with Crippen molar-refractivity contribution in [3.8, 4) is 0 Å². The highest BCUT2D eigenvalue weighted by molar-refractivity contribution is 5.85. The molecule has 1 aromatic heterocycles. The smallest absolute Gasteiger partial charge is 0.243 e. The molecule has 2 atom stereocenters. The first kappa shape index (κ1) is 15.7. The minimum absolute atomic E-state index is 0.00208. The van der Waals surface area contributed by atoms with E-state index in [9.17, 15) is 4.79 Å². The summed E-state index contributed by atoms with van der Waals surface area (Å²) in [7, 11) is 0. The Bertz CT molecular complexity index is 468. The second-order valence-electron chi connectivity index (χ2n) is 5.78. The third kappa shape index (κ3) is 3.69. The van der Waals surface area contributed by atoms with Gasteiger partial charge in [0.2, 0.25) is 11.9 Å². The number of carbonyl (C=O) groups excluding carboxylic acids is 1. The first-order valence-electron chi connectivity index (χ1n) is 7.56. The second kappa shape index (κ2) is 6.85. The van der Waals surface area contributed by atoms with Crippen molar-refractivity contribution in [1.29, 1.82) is 0 Å². The molecule has 1 aromatic rings. The maximum absolute atomic E-state index is 12.6. The number of hydrogen-bond acceptors (Lipinski definition) is 5. The van der Waals surface area contributed by atoms with Crippen LogP contribution in [-0.4, -0.2) is 45.7 Å². The van der Waals surface area contributed by atoms with Gasteiger partial charge in [-0.15, -0.1) is 0 Å². The van der Waals surface area contributed by atoms with Gasteiger partial charge in [-0.2, -0.15) is 0 Å². The summed E-state index contributed by atoms with van der Waals surface area (Å²) in [4.78, 5) is 23.0. The van der Waals surface area contributed by atoms with Gasteiger partial charge in [-0.1, -0.05) is 6.92 Å². The number of nitrogens with zero attached hydrogens (tertiary/aromatic N) is 3. The number of aliphatic hydroxyl groups excluding tert-OH is 1. The average Bonchev–Trinajstić information content (AvgIpc) is 2.98. The van der Waals surface area contributed by atoms with Crippen LogP contribution in [-0.2, 0) is 4.79 Å². The van der Waals surface area contributed by atoms with Gasteiger partial charge in [-0.3, -0.25) is 4.79 Å². The van der Waals surface area contributed by atoms with Crippen LogP contribution in [0, 0.1) is 0 Å². The highest BCUT2D eigenvalue weighted by Gasteiger charge is 2.35. The van der Waals surface area contributed by atoms with E-state index in [1.807, 2.05) is 18.7 Å². The Balaban J connectivity index is 2.08. The fraction of sp³-hybridized carbons (Fsp3) is 0.667. The fourth-order valence-electron chi connectivity index (χ4n) is 2.67. The molecule has 2 unspecified atom stereocenters. The molecule has 2 rings (SSSR count). The molecule has 6 heteroatoms.